The third-order valence-corrected chi connectivity index (χ3v) is 2.86. The van der Waals surface area contributed by atoms with E-state index in [0.717, 1.165) is 17.0 Å². The molecular formula is C15H10F2N2O. The molecule has 2 aromatic carbocycles. The van der Waals surface area contributed by atoms with Crippen LogP contribution in [0.1, 0.15) is 0 Å². The summed E-state index contributed by atoms with van der Waals surface area (Å²) in [5, 5.41) is 0.943. The number of hydrogen-bond acceptors (Lipinski definition) is 3. The number of rotatable bonds is 2. The molecule has 0 saturated carbocycles. The molecule has 0 atom stereocenters. The summed E-state index contributed by atoms with van der Waals surface area (Å²) in [7, 11) is 0. The number of nitrogens with two attached hydrogens (primary N) is 1. The first-order valence-corrected chi connectivity index (χ1v) is 5.90. The van der Waals surface area contributed by atoms with Gasteiger partial charge in [-0.25, -0.2) is 8.78 Å². The van der Waals surface area contributed by atoms with E-state index in [1.165, 1.54) is 0 Å². The second-order valence-corrected chi connectivity index (χ2v) is 4.26. The van der Waals surface area contributed by atoms with Crippen LogP contribution < -0.4 is 10.5 Å². The van der Waals surface area contributed by atoms with Crippen LogP contribution in [0.2, 0.25) is 0 Å². The average molecular weight is 272 g/mol. The third kappa shape index (κ3) is 2.25. The maximum absolute atomic E-state index is 13.3. The molecule has 1 aromatic heterocycles. The Balaban J connectivity index is 2.01. The highest BCUT2D eigenvalue weighted by molar-refractivity contribution is 5.79. The Labute approximate surface area is 113 Å². The smallest absolute Gasteiger partial charge is 0.156 e. The zero-order chi connectivity index (χ0) is 14.1. The SMILES string of the molecule is Nc1c(F)cc(F)cc1Oc1ccc2cccnc2c1. The number of nitrogen functional groups attached to an aromatic ring is 1. The summed E-state index contributed by atoms with van der Waals surface area (Å²) in [5.41, 5.74) is 6.02. The van der Waals surface area contributed by atoms with E-state index in [1.807, 2.05) is 18.2 Å². The van der Waals surface area contributed by atoms with Crippen molar-refractivity contribution in [3.63, 3.8) is 0 Å². The molecule has 0 amide bonds. The lowest BCUT2D eigenvalue weighted by Gasteiger charge is -2.09. The predicted molar refractivity (Wildman–Crippen MR) is 72.6 cm³/mol. The van der Waals surface area contributed by atoms with E-state index in [2.05, 4.69) is 4.98 Å². The molecule has 0 aliphatic heterocycles. The Morgan fingerprint density at radius 3 is 2.75 bits per heavy atom. The third-order valence-electron chi connectivity index (χ3n) is 2.86. The molecular weight excluding hydrogens is 262 g/mol. The van der Waals surface area contributed by atoms with Crippen molar-refractivity contribution in [2.45, 2.75) is 0 Å². The first kappa shape index (κ1) is 12.3. The van der Waals surface area contributed by atoms with Gasteiger partial charge in [-0.05, 0) is 18.2 Å². The summed E-state index contributed by atoms with van der Waals surface area (Å²) < 4.78 is 31.9. The van der Waals surface area contributed by atoms with Gasteiger partial charge in [0.15, 0.2) is 11.6 Å². The van der Waals surface area contributed by atoms with Crippen molar-refractivity contribution in [3.05, 3.63) is 60.3 Å². The quantitative estimate of drug-likeness (QED) is 0.720. The van der Waals surface area contributed by atoms with E-state index >= 15 is 0 Å². The van der Waals surface area contributed by atoms with Crippen LogP contribution in [0.5, 0.6) is 11.5 Å². The summed E-state index contributed by atoms with van der Waals surface area (Å²) >= 11 is 0. The molecule has 0 fully saturated rings. The summed E-state index contributed by atoms with van der Waals surface area (Å²) in [6, 6.07) is 10.7. The molecule has 1 heterocycles. The van der Waals surface area contributed by atoms with Gasteiger partial charge in [0, 0.05) is 29.8 Å². The Morgan fingerprint density at radius 1 is 1.05 bits per heavy atom. The molecule has 3 rings (SSSR count). The van der Waals surface area contributed by atoms with Crippen LogP contribution in [0, 0.1) is 11.6 Å². The highest BCUT2D eigenvalue weighted by atomic mass is 19.1. The molecule has 0 radical (unpaired) electrons. The lowest BCUT2D eigenvalue weighted by Crippen LogP contribution is -1.97. The Bertz CT molecular complexity index is 790. The zero-order valence-electron chi connectivity index (χ0n) is 10.3. The average Bonchev–Trinajstić information content (AvgIpc) is 2.44. The highest BCUT2D eigenvalue weighted by Gasteiger charge is 2.10. The summed E-state index contributed by atoms with van der Waals surface area (Å²) in [5.74, 6) is -1.24. The molecule has 100 valence electrons. The van der Waals surface area contributed by atoms with E-state index < -0.39 is 11.6 Å². The molecule has 3 aromatic rings. The van der Waals surface area contributed by atoms with Crippen molar-refractivity contribution in [3.8, 4) is 11.5 Å². The Kier molecular flexibility index (Phi) is 2.95. The monoisotopic (exact) mass is 272 g/mol. The van der Waals surface area contributed by atoms with Gasteiger partial charge in [-0.3, -0.25) is 4.98 Å². The van der Waals surface area contributed by atoms with E-state index in [4.69, 9.17) is 10.5 Å². The molecule has 3 nitrogen and oxygen atoms in total. The zero-order valence-corrected chi connectivity index (χ0v) is 10.3. The fraction of sp³-hybridized carbons (Fsp3) is 0. The molecule has 0 unspecified atom stereocenters. The van der Waals surface area contributed by atoms with Gasteiger partial charge in [-0.15, -0.1) is 0 Å². The van der Waals surface area contributed by atoms with Crippen LogP contribution in [-0.2, 0) is 0 Å². The number of pyridine rings is 1. The van der Waals surface area contributed by atoms with Gasteiger partial charge in [-0.2, -0.15) is 0 Å². The molecule has 0 aliphatic rings. The number of fused-ring (bicyclic) bond motifs is 1. The standard InChI is InChI=1S/C15H10F2N2O/c16-10-6-12(17)15(18)14(7-10)20-11-4-3-9-2-1-5-19-13(9)8-11/h1-8H,18H2. The predicted octanol–water partition coefficient (Wildman–Crippen LogP) is 3.89. The topological polar surface area (TPSA) is 48.1 Å². The van der Waals surface area contributed by atoms with Gasteiger partial charge in [0.1, 0.15) is 17.3 Å². The summed E-state index contributed by atoms with van der Waals surface area (Å²) in [6.45, 7) is 0. The summed E-state index contributed by atoms with van der Waals surface area (Å²) in [4.78, 5) is 4.18. The van der Waals surface area contributed by atoms with Crippen LogP contribution in [0.25, 0.3) is 10.9 Å². The minimum Gasteiger partial charge on any atom is -0.455 e. The van der Waals surface area contributed by atoms with Crippen LogP contribution in [0.3, 0.4) is 0 Å². The minimum absolute atomic E-state index is 0.0576. The van der Waals surface area contributed by atoms with Crippen LogP contribution >= 0.6 is 0 Å². The molecule has 0 saturated heterocycles. The number of benzene rings is 2. The number of halogens is 2. The van der Waals surface area contributed by atoms with Crippen molar-refractivity contribution in [1.82, 2.24) is 4.98 Å². The van der Waals surface area contributed by atoms with Crippen molar-refractivity contribution in [2.24, 2.45) is 0 Å². The lowest BCUT2D eigenvalue weighted by molar-refractivity contribution is 0.472. The van der Waals surface area contributed by atoms with Gasteiger partial charge in [0.2, 0.25) is 0 Å². The maximum atomic E-state index is 13.3. The minimum atomic E-state index is -0.848. The van der Waals surface area contributed by atoms with Crippen molar-refractivity contribution in [1.29, 1.82) is 0 Å². The first-order chi connectivity index (χ1) is 9.63. The fourth-order valence-electron chi connectivity index (χ4n) is 1.88. The normalized spacial score (nSPS) is 10.7. The number of aromatic nitrogens is 1. The Morgan fingerprint density at radius 2 is 1.90 bits per heavy atom. The molecule has 0 spiro atoms. The lowest BCUT2D eigenvalue weighted by atomic mass is 10.2. The van der Waals surface area contributed by atoms with Crippen LogP contribution in [0.4, 0.5) is 14.5 Å². The maximum Gasteiger partial charge on any atom is 0.156 e. The largest absolute Gasteiger partial charge is 0.455 e. The van der Waals surface area contributed by atoms with Crippen molar-refractivity contribution < 1.29 is 13.5 Å². The fourth-order valence-corrected chi connectivity index (χ4v) is 1.88. The van der Waals surface area contributed by atoms with E-state index in [-0.39, 0.29) is 11.4 Å². The number of nitrogens with zero attached hydrogens (tertiary/aromatic N) is 1. The molecule has 2 N–H and O–H groups in total. The van der Waals surface area contributed by atoms with E-state index in [9.17, 15) is 8.78 Å². The van der Waals surface area contributed by atoms with Gasteiger partial charge >= 0.3 is 0 Å². The van der Waals surface area contributed by atoms with Crippen LogP contribution in [-0.4, -0.2) is 4.98 Å². The second-order valence-electron chi connectivity index (χ2n) is 4.26. The van der Waals surface area contributed by atoms with Gasteiger partial charge in [-0.1, -0.05) is 6.07 Å². The van der Waals surface area contributed by atoms with Crippen LogP contribution in [0.15, 0.2) is 48.7 Å². The van der Waals surface area contributed by atoms with E-state index in [0.29, 0.717) is 11.8 Å². The van der Waals surface area contributed by atoms with E-state index in [1.54, 1.807) is 18.3 Å². The van der Waals surface area contributed by atoms with Crippen molar-refractivity contribution >= 4 is 16.6 Å². The number of ether oxygens (including phenoxy) is 1. The second kappa shape index (κ2) is 4.77. The molecule has 20 heavy (non-hydrogen) atoms. The van der Waals surface area contributed by atoms with Crippen molar-refractivity contribution in [2.75, 3.05) is 5.73 Å². The molecule has 0 bridgehead atoms. The summed E-state index contributed by atoms with van der Waals surface area (Å²) in [6.07, 6.45) is 1.66. The highest BCUT2D eigenvalue weighted by Crippen LogP contribution is 2.31. The molecule has 5 heteroatoms. The van der Waals surface area contributed by atoms with Gasteiger partial charge in [0.25, 0.3) is 0 Å². The Hall–Kier alpha value is -2.69. The number of hydrogen-bond donors (Lipinski definition) is 1. The molecule has 0 aliphatic carbocycles. The van der Waals surface area contributed by atoms with Gasteiger partial charge < -0.3 is 10.5 Å². The van der Waals surface area contributed by atoms with Gasteiger partial charge in [0.05, 0.1) is 5.52 Å². The number of anilines is 1. The first-order valence-electron chi connectivity index (χ1n) is 5.90.